The van der Waals surface area contributed by atoms with Crippen molar-refractivity contribution in [2.75, 3.05) is 0 Å². The smallest absolute Gasteiger partial charge is 0.163 e. The maximum absolute atomic E-state index is 6.12. The SMILES string of the molecule is CCCC(C)(C)CC1OC(C)(C)OC1CC(C)C. The van der Waals surface area contributed by atoms with Crippen molar-refractivity contribution in [1.82, 2.24) is 0 Å². The molecule has 0 amide bonds. The van der Waals surface area contributed by atoms with Gasteiger partial charge in [-0.25, -0.2) is 0 Å². The summed E-state index contributed by atoms with van der Waals surface area (Å²) in [5.41, 5.74) is 0.346. The molecule has 108 valence electrons. The summed E-state index contributed by atoms with van der Waals surface area (Å²) in [6.07, 6.45) is 5.19. The van der Waals surface area contributed by atoms with Crippen LogP contribution in [0.5, 0.6) is 0 Å². The van der Waals surface area contributed by atoms with Crippen LogP contribution in [0.3, 0.4) is 0 Å². The van der Waals surface area contributed by atoms with Crippen molar-refractivity contribution >= 4 is 0 Å². The number of rotatable bonds is 6. The summed E-state index contributed by atoms with van der Waals surface area (Å²) in [6.45, 7) is 15.5. The molecule has 0 radical (unpaired) electrons. The van der Waals surface area contributed by atoms with Gasteiger partial charge in [0.2, 0.25) is 0 Å². The topological polar surface area (TPSA) is 18.5 Å². The minimum Gasteiger partial charge on any atom is -0.345 e. The van der Waals surface area contributed by atoms with Gasteiger partial charge >= 0.3 is 0 Å². The zero-order valence-electron chi connectivity index (χ0n) is 13.4. The molecule has 0 spiro atoms. The van der Waals surface area contributed by atoms with E-state index in [1.54, 1.807) is 0 Å². The fourth-order valence-electron chi connectivity index (χ4n) is 3.07. The molecule has 2 nitrogen and oxygen atoms in total. The molecular formula is C16H32O2. The van der Waals surface area contributed by atoms with E-state index in [0.29, 0.717) is 11.3 Å². The van der Waals surface area contributed by atoms with Crippen molar-refractivity contribution in [2.24, 2.45) is 11.3 Å². The van der Waals surface area contributed by atoms with Crippen molar-refractivity contribution in [3.05, 3.63) is 0 Å². The van der Waals surface area contributed by atoms with Crippen LogP contribution in [0.2, 0.25) is 0 Å². The van der Waals surface area contributed by atoms with E-state index < -0.39 is 5.79 Å². The number of hydrogen-bond donors (Lipinski definition) is 0. The van der Waals surface area contributed by atoms with Gasteiger partial charge in [0, 0.05) is 0 Å². The minimum absolute atomic E-state index is 0.254. The Morgan fingerprint density at radius 2 is 1.67 bits per heavy atom. The zero-order chi connectivity index (χ0) is 14.0. The van der Waals surface area contributed by atoms with Gasteiger partial charge in [-0.2, -0.15) is 0 Å². The van der Waals surface area contributed by atoms with Gasteiger partial charge in [-0.05, 0) is 44.4 Å². The summed E-state index contributed by atoms with van der Waals surface area (Å²) >= 11 is 0. The lowest BCUT2D eigenvalue weighted by Gasteiger charge is -2.29. The molecule has 0 aromatic rings. The molecule has 1 rings (SSSR count). The first-order chi connectivity index (χ1) is 8.15. The molecule has 1 aliphatic rings. The third kappa shape index (κ3) is 4.89. The fraction of sp³-hybridized carbons (Fsp3) is 1.00. The Morgan fingerprint density at radius 1 is 1.11 bits per heavy atom. The van der Waals surface area contributed by atoms with Crippen LogP contribution < -0.4 is 0 Å². The molecule has 2 atom stereocenters. The molecule has 1 saturated heterocycles. The van der Waals surface area contributed by atoms with Crippen molar-refractivity contribution in [1.29, 1.82) is 0 Å². The first-order valence-corrected chi connectivity index (χ1v) is 7.51. The van der Waals surface area contributed by atoms with Crippen LogP contribution in [0.4, 0.5) is 0 Å². The highest BCUT2D eigenvalue weighted by molar-refractivity contribution is 4.86. The van der Waals surface area contributed by atoms with Gasteiger partial charge in [-0.1, -0.05) is 41.0 Å². The molecule has 0 aromatic carbocycles. The van der Waals surface area contributed by atoms with Gasteiger partial charge in [0.1, 0.15) is 0 Å². The third-order valence-electron chi connectivity index (χ3n) is 3.67. The van der Waals surface area contributed by atoms with Gasteiger partial charge in [0.15, 0.2) is 5.79 Å². The Morgan fingerprint density at radius 3 is 2.17 bits per heavy atom. The molecule has 0 bridgehead atoms. The van der Waals surface area contributed by atoms with Crippen LogP contribution in [0.25, 0.3) is 0 Å². The molecule has 1 heterocycles. The van der Waals surface area contributed by atoms with Crippen molar-refractivity contribution < 1.29 is 9.47 Å². The van der Waals surface area contributed by atoms with E-state index in [1.165, 1.54) is 12.8 Å². The van der Waals surface area contributed by atoms with Gasteiger partial charge in [-0.15, -0.1) is 0 Å². The third-order valence-corrected chi connectivity index (χ3v) is 3.67. The lowest BCUT2D eigenvalue weighted by atomic mass is 9.80. The molecule has 2 unspecified atom stereocenters. The van der Waals surface area contributed by atoms with Crippen LogP contribution >= 0.6 is 0 Å². The van der Waals surface area contributed by atoms with E-state index in [0.717, 1.165) is 12.8 Å². The summed E-state index contributed by atoms with van der Waals surface area (Å²) in [4.78, 5) is 0. The maximum Gasteiger partial charge on any atom is 0.163 e. The number of ether oxygens (including phenoxy) is 2. The Labute approximate surface area is 113 Å². The van der Waals surface area contributed by atoms with Crippen LogP contribution in [-0.4, -0.2) is 18.0 Å². The first kappa shape index (κ1) is 16.0. The van der Waals surface area contributed by atoms with E-state index in [2.05, 4.69) is 34.6 Å². The van der Waals surface area contributed by atoms with Crippen LogP contribution in [-0.2, 0) is 9.47 Å². The Bertz CT molecular complexity index is 256. The zero-order valence-corrected chi connectivity index (χ0v) is 13.4. The molecular weight excluding hydrogens is 224 g/mol. The van der Waals surface area contributed by atoms with Gasteiger partial charge in [0.05, 0.1) is 12.2 Å². The van der Waals surface area contributed by atoms with Gasteiger partial charge < -0.3 is 9.47 Å². The molecule has 1 fully saturated rings. The van der Waals surface area contributed by atoms with E-state index in [9.17, 15) is 0 Å². The lowest BCUT2D eigenvalue weighted by Crippen LogP contribution is -2.30. The molecule has 0 aromatic heterocycles. The van der Waals surface area contributed by atoms with Crippen molar-refractivity contribution in [3.63, 3.8) is 0 Å². The normalized spacial score (nSPS) is 28.0. The van der Waals surface area contributed by atoms with Crippen LogP contribution in [0.1, 0.15) is 74.1 Å². The first-order valence-electron chi connectivity index (χ1n) is 7.51. The molecule has 18 heavy (non-hydrogen) atoms. The number of hydrogen-bond acceptors (Lipinski definition) is 2. The highest BCUT2D eigenvalue weighted by Crippen LogP contribution is 2.39. The van der Waals surface area contributed by atoms with E-state index in [4.69, 9.17) is 9.47 Å². The van der Waals surface area contributed by atoms with E-state index >= 15 is 0 Å². The second-order valence-electron chi connectivity index (χ2n) is 7.46. The monoisotopic (exact) mass is 256 g/mol. The largest absolute Gasteiger partial charge is 0.345 e. The molecule has 2 heteroatoms. The minimum atomic E-state index is -0.410. The fourth-order valence-corrected chi connectivity index (χ4v) is 3.07. The van der Waals surface area contributed by atoms with Crippen molar-refractivity contribution in [2.45, 2.75) is 92.1 Å². The molecule has 0 saturated carbocycles. The van der Waals surface area contributed by atoms with Gasteiger partial charge in [0.25, 0.3) is 0 Å². The highest BCUT2D eigenvalue weighted by atomic mass is 16.7. The van der Waals surface area contributed by atoms with Crippen LogP contribution in [0.15, 0.2) is 0 Å². The predicted octanol–water partition coefficient (Wildman–Crippen LogP) is 4.77. The second kappa shape index (κ2) is 5.92. The van der Waals surface area contributed by atoms with Crippen LogP contribution in [0, 0.1) is 11.3 Å². The summed E-state index contributed by atoms with van der Waals surface area (Å²) in [7, 11) is 0. The Hall–Kier alpha value is -0.0800. The summed E-state index contributed by atoms with van der Waals surface area (Å²) < 4.78 is 12.2. The standard InChI is InChI=1S/C16H32O2/c1-8-9-15(4,5)11-14-13(10-12(2)3)17-16(6,7)18-14/h12-14H,8-11H2,1-7H3. The average Bonchev–Trinajstić information content (AvgIpc) is 2.37. The quantitative estimate of drug-likeness (QED) is 0.681. The average molecular weight is 256 g/mol. The van der Waals surface area contributed by atoms with Gasteiger partial charge in [-0.3, -0.25) is 0 Å². The molecule has 0 aliphatic carbocycles. The Balaban J connectivity index is 2.66. The van der Waals surface area contributed by atoms with E-state index in [1.807, 2.05) is 13.8 Å². The summed E-state index contributed by atoms with van der Waals surface area (Å²) in [5.74, 6) is 0.247. The summed E-state index contributed by atoms with van der Waals surface area (Å²) in [6, 6.07) is 0. The summed E-state index contributed by atoms with van der Waals surface area (Å²) in [5, 5.41) is 0. The maximum atomic E-state index is 6.12. The lowest BCUT2D eigenvalue weighted by molar-refractivity contribution is -0.149. The van der Waals surface area contributed by atoms with Crippen molar-refractivity contribution in [3.8, 4) is 0 Å². The molecule has 0 N–H and O–H groups in total. The van der Waals surface area contributed by atoms with E-state index in [-0.39, 0.29) is 12.2 Å². The predicted molar refractivity (Wildman–Crippen MR) is 76.6 cm³/mol. The second-order valence-corrected chi connectivity index (χ2v) is 7.46. The highest BCUT2D eigenvalue weighted by Gasteiger charge is 2.43. The molecule has 1 aliphatic heterocycles. The Kier molecular flexibility index (Phi) is 5.25.